The molecule has 0 aliphatic carbocycles. The fourth-order valence-corrected chi connectivity index (χ4v) is 0.905. The highest BCUT2D eigenvalue weighted by Crippen LogP contribution is 2.05. The number of hydrogen-bond donors (Lipinski definition) is 5. The van der Waals surface area contributed by atoms with Gasteiger partial charge in [0, 0.05) is 13.0 Å². The summed E-state index contributed by atoms with van der Waals surface area (Å²) in [4.78, 5) is 19.0. The Labute approximate surface area is 74.2 Å². The number of β-amino-alcohol motifs (C(OH)–C–C–N with tert-alkyl or cyclic N) is 1. The molecule has 0 unspecified atom stereocenters. The Hall–Kier alpha value is -1.34. The second-order valence-electron chi connectivity index (χ2n) is 2.53. The molecule has 0 aromatic heterocycles. The van der Waals surface area contributed by atoms with Gasteiger partial charge in [-0.15, -0.1) is 0 Å². The number of aliphatic hydroxyl groups is 1. The molecule has 1 aliphatic heterocycles. The Morgan fingerprint density at radius 3 is 2.00 bits per heavy atom. The molecule has 0 saturated carbocycles. The van der Waals surface area contributed by atoms with E-state index in [9.17, 15) is 4.79 Å². The predicted molar refractivity (Wildman–Crippen MR) is 42.3 cm³/mol. The molecule has 2 atom stereocenters. The molecule has 0 bridgehead atoms. The summed E-state index contributed by atoms with van der Waals surface area (Å²) in [7, 11) is 0. The van der Waals surface area contributed by atoms with E-state index in [1.54, 1.807) is 0 Å². The van der Waals surface area contributed by atoms with Crippen LogP contribution in [0.15, 0.2) is 0 Å². The van der Waals surface area contributed by atoms with Crippen LogP contribution in [0.4, 0.5) is 4.79 Å². The van der Waals surface area contributed by atoms with Gasteiger partial charge in [0.2, 0.25) is 0 Å². The van der Waals surface area contributed by atoms with E-state index in [1.165, 1.54) is 0 Å². The lowest BCUT2D eigenvalue weighted by molar-refractivity contribution is -0.139. The van der Waals surface area contributed by atoms with Crippen molar-refractivity contribution < 1.29 is 24.9 Å². The van der Waals surface area contributed by atoms with Gasteiger partial charge < -0.3 is 26.4 Å². The van der Waals surface area contributed by atoms with Crippen molar-refractivity contribution in [2.75, 3.05) is 6.54 Å². The maximum atomic E-state index is 10.2. The van der Waals surface area contributed by atoms with E-state index in [4.69, 9.17) is 20.1 Å². The van der Waals surface area contributed by atoms with E-state index in [1.807, 2.05) is 0 Å². The van der Waals surface area contributed by atoms with Crippen LogP contribution < -0.4 is 11.1 Å². The molecule has 7 heteroatoms. The molecule has 1 aliphatic rings. The third-order valence-electron chi connectivity index (χ3n) is 1.41. The van der Waals surface area contributed by atoms with Crippen molar-refractivity contribution in [2.24, 2.45) is 5.73 Å². The Morgan fingerprint density at radius 2 is 1.85 bits per heavy atom. The zero-order chi connectivity index (χ0) is 10.4. The molecular formula is C6H12N2O5. The van der Waals surface area contributed by atoms with Crippen molar-refractivity contribution in [3.63, 3.8) is 0 Å². The first-order valence-electron chi connectivity index (χ1n) is 3.56. The van der Waals surface area contributed by atoms with E-state index < -0.39 is 24.2 Å². The van der Waals surface area contributed by atoms with Gasteiger partial charge in [-0.3, -0.25) is 4.79 Å². The van der Waals surface area contributed by atoms with Crippen LogP contribution in [0.25, 0.3) is 0 Å². The van der Waals surface area contributed by atoms with Gasteiger partial charge in [0.1, 0.15) is 6.04 Å². The molecule has 1 heterocycles. The zero-order valence-corrected chi connectivity index (χ0v) is 6.80. The first kappa shape index (κ1) is 11.7. The molecule has 1 saturated heterocycles. The fraction of sp³-hybridized carbons (Fsp3) is 0.667. The maximum absolute atomic E-state index is 10.2. The van der Waals surface area contributed by atoms with Gasteiger partial charge in [0.05, 0.1) is 6.10 Å². The molecule has 13 heavy (non-hydrogen) atoms. The predicted octanol–water partition coefficient (Wildman–Crippen LogP) is -1.58. The molecular weight excluding hydrogens is 180 g/mol. The average molecular weight is 192 g/mol. The number of carbonyl (C=O) groups is 2. The number of primary amides is 1. The van der Waals surface area contributed by atoms with Gasteiger partial charge in [-0.05, 0) is 0 Å². The van der Waals surface area contributed by atoms with Crippen LogP contribution in [0, 0.1) is 0 Å². The molecule has 1 fully saturated rings. The normalized spacial score (nSPS) is 25.9. The van der Waals surface area contributed by atoms with Crippen molar-refractivity contribution in [1.29, 1.82) is 0 Å². The number of aliphatic carboxylic acids is 1. The largest absolute Gasteiger partial charge is 0.480 e. The Kier molecular flexibility index (Phi) is 4.78. The van der Waals surface area contributed by atoms with E-state index in [0.29, 0.717) is 13.0 Å². The fourth-order valence-electron chi connectivity index (χ4n) is 0.905. The lowest BCUT2D eigenvalue weighted by Crippen LogP contribution is -2.29. The summed E-state index contributed by atoms with van der Waals surface area (Å²) in [6.07, 6.45) is -1.49. The summed E-state index contributed by atoms with van der Waals surface area (Å²) in [6, 6.07) is -0.542. The summed E-state index contributed by atoms with van der Waals surface area (Å²) < 4.78 is 0. The second kappa shape index (κ2) is 5.33. The monoisotopic (exact) mass is 192 g/mol. The number of rotatable bonds is 1. The summed E-state index contributed by atoms with van der Waals surface area (Å²) in [5.74, 6) is -0.883. The summed E-state index contributed by atoms with van der Waals surface area (Å²) in [6.45, 7) is 0.400. The van der Waals surface area contributed by atoms with Gasteiger partial charge >= 0.3 is 12.1 Å². The van der Waals surface area contributed by atoms with Crippen molar-refractivity contribution in [3.8, 4) is 0 Å². The number of nitrogens with one attached hydrogen (secondary N) is 1. The minimum atomic E-state index is -1.33. The summed E-state index contributed by atoms with van der Waals surface area (Å²) in [5, 5.41) is 27.0. The van der Waals surface area contributed by atoms with Crippen molar-refractivity contribution in [3.05, 3.63) is 0 Å². The first-order chi connectivity index (χ1) is 5.93. The SMILES string of the molecule is NC(=O)O.O=C(O)[C@@H]1C[C@H](O)CN1. The second-order valence-corrected chi connectivity index (χ2v) is 2.53. The van der Waals surface area contributed by atoms with Gasteiger partial charge in [0.25, 0.3) is 0 Å². The summed E-state index contributed by atoms with van der Waals surface area (Å²) in [5.41, 5.74) is 4.03. The number of amides is 1. The molecule has 76 valence electrons. The molecule has 6 N–H and O–H groups in total. The van der Waals surface area contributed by atoms with Crippen LogP contribution in [0.5, 0.6) is 0 Å². The first-order valence-corrected chi connectivity index (χ1v) is 3.56. The van der Waals surface area contributed by atoms with Crippen molar-refractivity contribution in [2.45, 2.75) is 18.6 Å². The number of carboxylic acids is 1. The highest BCUT2D eigenvalue weighted by Gasteiger charge is 2.27. The van der Waals surface area contributed by atoms with Gasteiger partial charge in [0.15, 0.2) is 0 Å². The number of hydrogen-bond acceptors (Lipinski definition) is 4. The lowest BCUT2D eigenvalue weighted by atomic mass is 10.2. The molecule has 0 radical (unpaired) electrons. The third kappa shape index (κ3) is 5.88. The highest BCUT2D eigenvalue weighted by atomic mass is 16.4. The highest BCUT2D eigenvalue weighted by molar-refractivity contribution is 5.73. The van der Waals surface area contributed by atoms with Gasteiger partial charge in [-0.1, -0.05) is 0 Å². The molecule has 0 spiro atoms. The van der Waals surface area contributed by atoms with Crippen LogP contribution >= 0.6 is 0 Å². The number of carboxylic acid groups (broad SMARTS) is 2. The van der Waals surface area contributed by atoms with E-state index in [-0.39, 0.29) is 0 Å². The van der Waals surface area contributed by atoms with Crippen LogP contribution in [-0.4, -0.2) is 46.1 Å². The maximum Gasteiger partial charge on any atom is 0.402 e. The van der Waals surface area contributed by atoms with Gasteiger partial charge in [-0.25, -0.2) is 4.79 Å². The lowest BCUT2D eigenvalue weighted by Gasteiger charge is -1.99. The van der Waals surface area contributed by atoms with E-state index in [0.717, 1.165) is 0 Å². The van der Waals surface area contributed by atoms with Crippen molar-refractivity contribution in [1.82, 2.24) is 5.32 Å². The van der Waals surface area contributed by atoms with E-state index in [2.05, 4.69) is 11.1 Å². The van der Waals surface area contributed by atoms with Crippen LogP contribution in [0.1, 0.15) is 6.42 Å². The topological polar surface area (TPSA) is 133 Å². The Bertz CT molecular complexity index is 191. The van der Waals surface area contributed by atoms with Crippen LogP contribution in [-0.2, 0) is 4.79 Å². The van der Waals surface area contributed by atoms with Crippen LogP contribution in [0.2, 0.25) is 0 Å². The number of aliphatic hydroxyl groups excluding tert-OH is 1. The molecule has 0 aromatic carbocycles. The molecule has 1 amide bonds. The van der Waals surface area contributed by atoms with E-state index >= 15 is 0 Å². The number of nitrogens with two attached hydrogens (primary N) is 1. The minimum absolute atomic E-state index is 0.329. The Morgan fingerprint density at radius 1 is 1.38 bits per heavy atom. The zero-order valence-electron chi connectivity index (χ0n) is 6.80. The minimum Gasteiger partial charge on any atom is -0.480 e. The summed E-state index contributed by atoms with van der Waals surface area (Å²) >= 11 is 0. The average Bonchev–Trinajstić information content (AvgIpc) is 2.34. The van der Waals surface area contributed by atoms with Gasteiger partial charge in [-0.2, -0.15) is 0 Å². The smallest absolute Gasteiger partial charge is 0.402 e. The van der Waals surface area contributed by atoms with Crippen molar-refractivity contribution >= 4 is 12.1 Å². The standard InChI is InChI=1S/C5H9NO3.CH3NO2/c7-3-1-4(5(8)9)6-2-3;2-1(3)4/h3-4,6-7H,1-2H2,(H,8,9);2H2,(H,3,4)/t3-,4-;/m0./s1. The van der Waals surface area contributed by atoms with Crippen LogP contribution in [0.3, 0.4) is 0 Å². The molecule has 7 nitrogen and oxygen atoms in total. The quantitative estimate of drug-likeness (QED) is 0.340. The molecule has 1 rings (SSSR count). The Balaban J connectivity index is 0.000000310. The third-order valence-corrected chi connectivity index (χ3v) is 1.41. The molecule has 0 aromatic rings.